The molecule has 0 saturated heterocycles. The van der Waals surface area contributed by atoms with Gasteiger partial charge in [0.15, 0.2) is 0 Å². The SMILES string of the molecule is CC(C)(C)c1cccc2c1nc1n2c2cccc3c2n1c1nc2c(C(C)(C)C)cccc2n31. The first-order valence-corrected chi connectivity index (χ1v) is 11.6. The maximum atomic E-state index is 5.24. The van der Waals surface area contributed by atoms with Crippen LogP contribution in [0.5, 0.6) is 0 Å². The van der Waals surface area contributed by atoms with E-state index in [2.05, 4.69) is 109 Å². The summed E-state index contributed by atoms with van der Waals surface area (Å²) in [4.78, 5) is 10.5. The Bertz CT molecular complexity index is 1750. The normalized spacial score (nSPS) is 13.8. The number of fused-ring (bicyclic) bond motifs is 10. The highest BCUT2D eigenvalue weighted by molar-refractivity contribution is 6.04. The second-order valence-electron chi connectivity index (χ2n) is 11.3. The predicted molar refractivity (Wildman–Crippen MR) is 136 cm³/mol. The first-order chi connectivity index (χ1) is 15.7. The highest BCUT2D eigenvalue weighted by atomic mass is 15.3. The molecule has 0 spiro atoms. The summed E-state index contributed by atoms with van der Waals surface area (Å²) in [5.41, 5.74) is 10.5. The van der Waals surface area contributed by atoms with Crippen LogP contribution in [0.4, 0.5) is 0 Å². The lowest BCUT2D eigenvalue weighted by molar-refractivity contribution is 0.594. The fourth-order valence-corrected chi connectivity index (χ4v) is 5.56. The van der Waals surface area contributed by atoms with Gasteiger partial charge < -0.3 is 0 Å². The average molecular weight is 434 g/mol. The van der Waals surface area contributed by atoms with Crippen LogP contribution < -0.4 is 0 Å². The molecule has 4 heterocycles. The number of imidazole rings is 4. The van der Waals surface area contributed by atoms with Gasteiger partial charge in [-0.15, -0.1) is 0 Å². The standard InChI is InChI=1S/C28H27N5/c1-27(2,3)16-10-7-12-18-22(16)29-25-31(18)20-14-9-15-21-24(20)33(25)26-30-23-17(28(4,5)6)11-8-13-19(23)32(21)26/h7-15H,1-6H3. The summed E-state index contributed by atoms with van der Waals surface area (Å²) in [6.07, 6.45) is 0. The number of benzene rings is 3. The number of hydrogen-bond donors (Lipinski definition) is 0. The zero-order valence-electron chi connectivity index (χ0n) is 19.9. The molecule has 5 nitrogen and oxygen atoms in total. The van der Waals surface area contributed by atoms with E-state index in [1.54, 1.807) is 0 Å². The van der Waals surface area contributed by atoms with Gasteiger partial charge in [-0.25, -0.2) is 14.4 Å². The average Bonchev–Trinajstić information content (AvgIpc) is 3.45. The van der Waals surface area contributed by atoms with E-state index in [0.717, 1.165) is 33.6 Å². The minimum Gasteiger partial charge on any atom is -0.276 e. The summed E-state index contributed by atoms with van der Waals surface area (Å²) < 4.78 is 6.86. The summed E-state index contributed by atoms with van der Waals surface area (Å²) in [7, 11) is 0. The molecule has 0 bridgehead atoms. The minimum atomic E-state index is 0.0135. The summed E-state index contributed by atoms with van der Waals surface area (Å²) in [6, 6.07) is 19.6. The number of hydrogen-bond acceptors (Lipinski definition) is 2. The van der Waals surface area contributed by atoms with E-state index < -0.39 is 0 Å². The lowest BCUT2D eigenvalue weighted by Crippen LogP contribution is -2.11. The Kier molecular flexibility index (Phi) is 3.24. The molecule has 0 aliphatic rings. The van der Waals surface area contributed by atoms with Crippen LogP contribution in [0.1, 0.15) is 52.7 Å². The molecular weight excluding hydrogens is 406 g/mol. The highest BCUT2D eigenvalue weighted by Gasteiger charge is 2.27. The van der Waals surface area contributed by atoms with Crippen LogP contribution in [-0.2, 0) is 10.8 Å². The molecule has 164 valence electrons. The first kappa shape index (κ1) is 18.9. The summed E-state index contributed by atoms with van der Waals surface area (Å²) in [6.45, 7) is 13.5. The molecule has 3 aromatic carbocycles. The van der Waals surface area contributed by atoms with Crippen LogP contribution >= 0.6 is 0 Å². The van der Waals surface area contributed by atoms with Crippen molar-refractivity contribution >= 4 is 50.2 Å². The maximum absolute atomic E-state index is 5.24. The third-order valence-electron chi connectivity index (χ3n) is 7.05. The van der Waals surface area contributed by atoms with E-state index in [1.807, 2.05) is 0 Å². The molecular formula is C28H27N5. The van der Waals surface area contributed by atoms with Crippen molar-refractivity contribution in [3.63, 3.8) is 0 Å². The molecule has 0 N–H and O–H groups in total. The lowest BCUT2D eigenvalue weighted by atomic mass is 9.86. The van der Waals surface area contributed by atoms with Gasteiger partial charge in [-0.1, -0.05) is 71.9 Å². The molecule has 33 heavy (non-hydrogen) atoms. The Hall–Kier alpha value is -3.60. The van der Waals surface area contributed by atoms with Gasteiger partial charge in [0.05, 0.1) is 33.1 Å². The van der Waals surface area contributed by atoms with Crippen LogP contribution in [0.3, 0.4) is 0 Å². The monoisotopic (exact) mass is 433 g/mol. The molecule has 5 heteroatoms. The molecule has 0 saturated carbocycles. The molecule has 0 atom stereocenters. The first-order valence-electron chi connectivity index (χ1n) is 11.6. The smallest absolute Gasteiger partial charge is 0.223 e. The van der Waals surface area contributed by atoms with Crippen molar-refractivity contribution < 1.29 is 0 Å². The van der Waals surface area contributed by atoms with Gasteiger partial charge in [-0.2, -0.15) is 0 Å². The van der Waals surface area contributed by atoms with E-state index in [4.69, 9.17) is 9.97 Å². The lowest BCUT2D eigenvalue weighted by Gasteiger charge is -2.19. The molecule has 0 radical (unpaired) electrons. The van der Waals surface area contributed by atoms with Gasteiger partial charge in [0.25, 0.3) is 0 Å². The van der Waals surface area contributed by atoms with E-state index in [-0.39, 0.29) is 10.8 Å². The molecule has 0 aliphatic heterocycles. The predicted octanol–water partition coefficient (Wildman–Crippen LogP) is 6.73. The summed E-state index contributed by atoms with van der Waals surface area (Å²) in [5, 5.41) is 0. The van der Waals surface area contributed by atoms with Crippen LogP contribution in [0.25, 0.3) is 50.2 Å². The van der Waals surface area contributed by atoms with Gasteiger partial charge in [-0.3, -0.25) is 8.80 Å². The zero-order valence-corrected chi connectivity index (χ0v) is 19.9. The number of rotatable bonds is 0. The largest absolute Gasteiger partial charge is 0.276 e. The zero-order chi connectivity index (χ0) is 22.9. The topological polar surface area (TPSA) is 39.0 Å². The fourth-order valence-electron chi connectivity index (χ4n) is 5.56. The van der Waals surface area contributed by atoms with Crippen LogP contribution in [0.15, 0.2) is 54.6 Å². The number of para-hydroxylation sites is 3. The number of aromatic nitrogens is 5. The third kappa shape index (κ3) is 2.22. The Morgan fingerprint density at radius 1 is 0.515 bits per heavy atom. The molecule has 0 unspecified atom stereocenters. The fraction of sp³-hybridized carbons (Fsp3) is 0.286. The van der Waals surface area contributed by atoms with Crippen molar-refractivity contribution in [1.82, 2.24) is 23.2 Å². The van der Waals surface area contributed by atoms with Crippen molar-refractivity contribution in [3.05, 3.63) is 65.7 Å². The Morgan fingerprint density at radius 2 is 0.909 bits per heavy atom. The maximum Gasteiger partial charge on any atom is 0.223 e. The van der Waals surface area contributed by atoms with E-state index in [9.17, 15) is 0 Å². The minimum absolute atomic E-state index is 0.0135. The summed E-state index contributed by atoms with van der Waals surface area (Å²) in [5.74, 6) is 1.85. The number of nitrogens with zero attached hydrogens (tertiary/aromatic N) is 5. The third-order valence-corrected chi connectivity index (χ3v) is 7.05. The quantitative estimate of drug-likeness (QED) is 0.266. The van der Waals surface area contributed by atoms with Crippen LogP contribution in [-0.4, -0.2) is 23.2 Å². The molecule has 7 aromatic rings. The van der Waals surface area contributed by atoms with Gasteiger partial charge in [0.1, 0.15) is 5.52 Å². The van der Waals surface area contributed by atoms with Crippen molar-refractivity contribution in [2.75, 3.05) is 0 Å². The van der Waals surface area contributed by atoms with Gasteiger partial charge in [-0.05, 0) is 46.2 Å². The summed E-state index contributed by atoms with van der Waals surface area (Å²) >= 11 is 0. The van der Waals surface area contributed by atoms with Crippen LogP contribution in [0, 0.1) is 0 Å². The second-order valence-corrected chi connectivity index (χ2v) is 11.3. The van der Waals surface area contributed by atoms with Gasteiger partial charge in [0.2, 0.25) is 11.6 Å². The van der Waals surface area contributed by atoms with E-state index in [1.165, 1.54) is 27.7 Å². The van der Waals surface area contributed by atoms with Gasteiger partial charge >= 0.3 is 0 Å². The van der Waals surface area contributed by atoms with Crippen LogP contribution in [0.2, 0.25) is 0 Å². The van der Waals surface area contributed by atoms with Gasteiger partial charge in [0, 0.05) is 0 Å². The Labute approximate surface area is 191 Å². The van der Waals surface area contributed by atoms with Crippen molar-refractivity contribution in [2.24, 2.45) is 0 Å². The van der Waals surface area contributed by atoms with Crippen molar-refractivity contribution in [1.29, 1.82) is 0 Å². The molecule has 0 aliphatic carbocycles. The Morgan fingerprint density at radius 3 is 1.33 bits per heavy atom. The highest BCUT2D eigenvalue weighted by Crippen LogP contribution is 2.38. The van der Waals surface area contributed by atoms with E-state index >= 15 is 0 Å². The van der Waals surface area contributed by atoms with Crippen molar-refractivity contribution in [2.45, 2.75) is 52.4 Å². The molecule has 0 fully saturated rings. The second kappa shape index (κ2) is 5.66. The van der Waals surface area contributed by atoms with Crippen molar-refractivity contribution in [3.8, 4) is 0 Å². The molecule has 0 amide bonds. The molecule has 7 rings (SSSR count). The molecule has 4 aromatic heterocycles. The Balaban J connectivity index is 1.75. The van der Waals surface area contributed by atoms with E-state index in [0.29, 0.717) is 0 Å².